The Hall–Kier alpha value is -3.08. The van der Waals surface area contributed by atoms with Gasteiger partial charge in [0, 0.05) is 18.8 Å². The van der Waals surface area contributed by atoms with Crippen LogP contribution in [0.2, 0.25) is 0 Å². The van der Waals surface area contributed by atoms with Crippen LogP contribution in [-0.2, 0) is 35.7 Å². The standard InChI is InChI=1S/C25H30F3N3O8S2/c1-24(2,3)39-23(32)29-18-7-8-22-21(14-18)31(41(35,36)20-6-4-5-17(13-20)25(26,27)28)15-19(38-22)16-40(33,34)30-9-11-37-12-10-30/h4-8,13-14,19H,9-12,15-16H2,1-3H3,(H,29,32). The van der Waals surface area contributed by atoms with Crippen LogP contribution in [0.25, 0.3) is 0 Å². The number of nitrogens with zero attached hydrogens (tertiary/aromatic N) is 2. The number of alkyl halides is 3. The number of hydrogen-bond donors (Lipinski definition) is 1. The molecule has 2 aromatic carbocycles. The number of anilines is 2. The lowest BCUT2D eigenvalue weighted by Gasteiger charge is -2.36. The highest BCUT2D eigenvalue weighted by molar-refractivity contribution is 7.93. The molecule has 1 saturated heterocycles. The summed E-state index contributed by atoms with van der Waals surface area (Å²) >= 11 is 0. The Morgan fingerprint density at radius 1 is 1.05 bits per heavy atom. The van der Waals surface area contributed by atoms with Gasteiger partial charge >= 0.3 is 12.3 Å². The molecule has 0 aromatic heterocycles. The van der Waals surface area contributed by atoms with Crippen LogP contribution in [0.15, 0.2) is 47.4 Å². The zero-order valence-electron chi connectivity index (χ0n) is 22.5. The van der Waals surface area contributed by atoms with Crippen molar-refractivity contribution in [3.8, 4) is 5.75 Å². The third-order valence-electron chi connectivity index (χ3n) is 6.05. The second-order valence-corrected chi connectivity index (χ2v) is 14.3. The summed E-state index contributed by atoms with van der Waals surface area (Å²) < 4.78 is 112. The molecule has 1 amide bonds. The van der Waals surface area contributed by atoms with Crippen molar-refractivity contribution in [2.24, 2.45) is 0 Å². The molecule has 4 rings (SSSR count). The monoisotopic (exact) mass is 621 g/mol. The summed E-state index contributed by atoms with van der Waals surface area (Å²) in [4.78, 5) is 11.7. The number of fused-ring (bicyclic) bond motifs is 1. The molecule has 0 aliphatic carbocycles. The van der Waals surface area contributed by atoms with Gasteiger partial charge in [0.05, 0.1) is 35.9 Å². The van der Waals surface area contributed by atoms with Gasteiger partial charge in [-0.05, 0) is 57.2 Å². The molecular formula is C25H30F3N3O8S2. The Balaban J connectivity index is 1.72. The van der Waals surface area contributed by atoms with E-state index in [0.717, 1.165) is 22.5 Å². The van der Waals surface area contributed by atoms with Crippen molar-refractivity contribution in [1.82, 2.24) is 4.31 Å². The van der Waals surface area contributed by atoms with Crippen molar-refractivity contribution in [3.05, 3.63) is 48.0 Å². The minimum absolute atomic E-state index is 0.0382. The van der Waals surface area contributed by atoms with Crippen LogP contribution >= 0.6 is 0 Å². The fraction of sp³-hybridized carbons (Fsp3) is 0.480. The summed E-state index contributed by atoms with van der Waals surface area (Å²) in [5.74, 6) is -0.623. The summed E-state index contributed by atoms with van der Waals surface area (Å²) in [7, 11) is -8.57. The molecule has 41 heavy (non-hydrogen) atoms. The van der Waals surface area contributed by atoms with Crippen LogP contribution < -0.4 is 14.4 Å². The van der Waals surface area contributed by atoms with Crippen molar-refractivity contribution in [1.29, 1.82) is 0 Å². The highest BCUT2D eigenvalue weighted by Gasteiger charge is 2.39. The number of halogens is 3. The average molecular weight is 622 g/mol. The molecule has 16 heteroatoms. The first kappa shape index (κ1) is 30.9. The van der Waals surface area contributed by atoms with E-state index in [1.54, 1.807) is 20.8 Å². The highest BCUT2D eigenvalue weighted by Crippen LogP contribution is 2.40. The molecular weight excluding hydrogens is 591 g/mol. The summed E-state index contributed by atoms with van der Waals surface area (Å²) in [5, 5.41) is 2.48. The van der Waals surface area contributed by atoms with Gasteiger partial charge in [-0.25, -0.2) is 21.6 Å². The second-order valence-electron chi connectivity index (χ2n) is 10.4. The number of carbonyl (C=O) groups excluding carboxylic acids is 1. The Labute approximate surface area is 236 Å². The van der Waals surface area contributed by atoms with E-state index in [9.17, 15) is 34.8 Å². The molecule has 226 valence electrons. The summed E-state index contributed by atoms with van der Waals surface area (Å²) in [5.41, 5.74) is -1.97. The van der Waals surface area contributed by atoms with Gasteiger partial charge < -0.3 is 14.2 Å². The summed E-state index contributed by atoms with van der Waals surface area (Å²) in [6.45, 7) is 5.10. The van der Waals surface area contributed by atoms with E-state index in [0.29, 0.717) is 6.07 Å². The third kappa shape index (κ3) is 7.42. The van der Waals surface area contributed by atoms with Crippen molar-refractivity contribution >= 4 is 37.5 Å². The molecule has 1 N–H and O–H groups in total. The molecule has 0 saturated carbocycles. The van der Waals surface area contributed by atoms with E-state index in [1.807, 2.05) is 0 Å². The van der Waals surface area contributed by atoms with Crippen LogP contribution in [0.4, 0.5) is 29.3 Å². The zero-order chi connectivity index (χ0) is 30.2. The SMILES string of the molecule is CC(C)(C)OC(=O)Nc1ccc2c(c1)N(S(=O)(=O)c1cccc(C(F)(F)F)c1)CC(CS(=O)(=O)N1CCOCC1)O2. The molecule has 2 aliphatic rings. The van der Waals surface area contributed by atoms with E-state index in [-0.39, 0.29) is 43.4 Å². The molecule has 0 radical (unpaired) electrons. The Morgan fingerprint density at radius 2 is 1.73 bits per heavy atom. The van der Waals surface area contributed by atoms with E-state index in [2.05, 4.69) is 5.32 Å². The molecule has 1 atom stereocenters. The van der Waals surface area contributed by atoms with Crippen molar-refractivity contribution in [2.45, 2.75) is 43.5 Å². The lowest BCUT2D eigenvalue weighted by atomic mass is 10.2. The molecule has 11 nitrogen and oxygen atoms in total. The van der Waals surface area contributed by atoms with Crippen LogP contribution in [0.1, 0.15) is 26.3 Å². The molecule has 2 aliphatic heterocycles. The zero-order valence-corrected chi connectivity index (χ0v) is 24.1. The lowest BCUT2D eigenvalue weighted by molar-refractivity contribution is -0.137. The van der Waals surface area contributed by atoms with E-state index in [1.165, 1.54) is 22.5 Å². The quantitative estimate of drug-likeness (QED) is 0.517. The van der Waals surface area contributed by atoms with Gasteiger partial charge in [0.2, 0.25) is 10.0 Å². The number of nitrogens with one attached hydrogen (secondary N) is 1. The van der Waals surface area contributed by atoms with Crippen LogP contribution in [-0.4, -0.2) is 77.5 Å². The summed E-state index contributed by atoms with van der Waals surface area (Å²) in [6, 6.07) is 7.23. The van der Waals surface area contributed by atoms with Crippen molar-refractivity contribution < 1.29 is 49.0 Å². The molecule has 2 aromatic rings. The number of rotatable bonds is 6. The second kappa shape index (κ2) is 11.3. The minimum atomic E-state index is -4.80. The molecule has 1 unspecified atom stereocenters. The van der Waals surface area contributed by atoms with Gasteiger partial charge in [-0.3, -0.25) is 9.62 Å². The number of ether oxygens (including phenoxy) is 3. The van der Waals surface area contributed by atoms with Gasteiger partial charge in [0.1, 0.15) is 23.2 Å². The van der Waals surface area contributed by atoms with Crippen LogP contribution in [0.5, 0.6) is 5.75 Å². The Bertz CT molecular complexity index is 1500. The Morgan fingerprint density at radius 3 is 2.37 bits per heavy atom. The van der Waals surface area contributed by atoms with Crippen LogP contribution in [0, 0.1) is 0 Å². The van der Waals surface area contributed by atoms with Crippen molar-refractivity contribution in [2.75, 3.05) is 48.2 Å². The highest BCUT2D eigenvalue weighted by atomic mass is 32.2. The first-order valence-electron chi connectivity index (χ1n) is 12.5. The van der Waals surface area contributed by atoms with E-state index < -0.39 is 66.8 Å². The van der Waals surface area contributed by atoms with E-state index in [4.69, 9.17) is 14.2 Å². The fourth-order valence-corrected chi connectivity index (χ4v) is 7.36. The number of morpholine rings is 1. The largest absolute Gasteiger partial charge is 0.485 e. The maximum Gasteiger partial charge on any atom is 0.416 e. The molecule has 0 bridgehead atoms. The smallest absolute Gasteiger partial charge is 0.416 e. The number of sulfonamides is 2. The lowest BCUT2D eigenvalue weighted by Crippen LogP contribution is -2.50. The minimum Gasteiger partial charge on any atom is -0.485 e. The van der Waals surface area contributed by atoms with E-state index >= 15 is 0 Å². The number of benzene rings is 2. The van der Waals surface area contributed by atoms with Gasteiger partial charge in [-0.2, -0.15) is 17.5 Å². The maximum atomic E-state index is 13.8. The predicted octanol–water partition coefficient (Wildman–Crippen LogP) is 3.67. The normalized spacial score (nSPS) is 18.8. The van der Waals surface area contributed by atoms with Crippen molar-refractivity contribution in [3.63, 3.8) is 0 Å². The number of hydrogen-bond acceptors (Lipinski definition) is 8. The van der Waals surface area contributed by atoms with Crippen LogP contribution in [0.3, 0.4) is 0 Å². The fourth-order valence-electron chi connectivity index (χ4n) is 4.25. The molecule has 0 spiro atoms. The number of amides is 1. The van der Waals surface area contributed by atoms with Gasteiger partial charge in [-0.1, -0.05) is 6.07 Å². The first-order valence-corrected chi connectivity index (χ1v) is 15.6. The molecule has 2 heterocycles. The van der Waals surface area contributed by atoms with Gasteiger partial charge in [-0.15, -0.1) is 0 Å². The first-order chi connectivity index (χ1) is 19.0. The molecule has 1 fully saturated rings. The maximum absolute atomic E-state index is 13.8. The number of carbonyl (C=O) groups is 1. The van der Waals surface area contributed by atoms with Gasteiger partial charge in [0.15, 0.2) is 0 Å². The topological polar surface area (TPSA) is 132 Å². The third-order valence-corrected chi connectivity index (χ3v) is 9.77. The predicted molar refractivity (Wildman–Crippen MR) is 143 cm³/mol. The van der Waals surface area contributed by atoms with Gasteiger partial charge in [0.25, 0.3) is 10.0 Å². The Kier molecular flexibility index (Phi) is 8.51. The summed E-state index contributed by atoms with van der Waals surface area (Å²) in [6.07, 6.45) is -6.81. The average Bonchev–Trinajstić information content (AvgIpc) is 2.87.